The fourth-order valence-corrected chi connectivity index (χ4v) is 17.1. The summed E-state index contributed by atoms with van der Waals surface area (Å²) in [6.45, 7) is 8.56. The number of methoxy groups -OCH3 is 1. The van der Waals surface area contributed by atoms with Gasteiger partial charge in [-0.25, -0.2) is 0 Å². The SMILES string of the molecule is CC[C@@H]1C[C@@H]2C=C[C@H]1C[C@H](O)C[C@]1(CCC[C@]13CCOC1(CCCCC1)C3)CN=C(N)NCC[C@H]1[C@@H](CO)CCC[C@@H]1Oc1cc(ccc1O)[C@@H]1Oc3cc(OC)c4c(c3C[C@H]1O)[C@@H]2Cc1cc(O)c(CC(C)C)cc1-4. The van der Waals surface area contributed by atoms with E-state index in [4.69, 9.17) is 29.7 Å². The van der Waals surface area contributed by atoms with Crippen molar-refractivity contribution in [1.82, 2.24) is 5.32 Å². The minimum absolute atomic E-state index is 0.00261. The molecule has 1 saturated heterocycles. The smallest absolute Gasteiger partial charge is 0.188 e. The largest absolute Gasteiger partial charge is 0.508 e. The molecule has 76 heavy (non-hydrogen) atoms. The van der Waals surface area contributed by atoms with Gasteiger partial charge < -0.3 is 55.5 Å². The molecule has 12 atom stereocenters. The molecule has 11 aliphatic rings. The maximum absolute atomic E-state index is 12.7. The molecule has 0 amide bonds. The number of allylic oxidation sites excluding steroid dienone is 2. The number of fused-ring (bicyclic) bond motifs is 2. The third kappa shape index (κ3) is 10.1. The van der Waals surface area contributed by atoms with Crippen molar-refractivity contribution in [3.8, 4) is 39.9 Å². The van der Waals surface area contributed by atoms with Crippen LogP contribution in [0.3, 0.4) is 0 Å². The molecule has 14 rings (SSSR count). The summed E-state index contributed by atoms with van der Waals surface area (Å²) in [7, 11) is 1.72. The minimum atomic E-state index is -0.911. The number of phenolic OH excluding ortho intramolecular Hbond substituents is 2. The second-order valence-corrected chi connectivity index (χ2v) is 25.7. The lowest BCUT2D eigenvalue weighted by Gasteiger charge is -2.55. The van der Waals surface area contributed by atoms with E-state index < -0.39 is 18.3 Å². The van der Waals surface area contributed by atoms with Crippen molar-refractivity contribution in [1.29, 1.82) is 0 Å². The molecule has 6 heterocycles. The number of aliphatic imine (C=N–C) groups is 1. The van der Waals surface area contributed by atoms with Crippen LogP contribution in [0.4, 0.5) is 0 Å². The number of rotatable bonds is 5. The third-order valence-corrected chi connectivity index (χ3v) is 20.8. The molecule has 0 radical (unpaired) electrons. The van der Waals surface area contributed by atoms with E-state index in [1.807, 2.05) is 24.3 Å². The standard InChI is InChI=1S/C64H89N3O9/c1-5-39-26-41-14-13-40(39)27-46(69)34-63(19-10-18-62(63)22-24-74-64(36-62)20-7-6-8-21-64)37-67-61(65)66-23-17-47-43(35-68)11-9-12-54(47)75-56-31-42(15-16-51(56)70)60-53(72)32-50-55(76-60)33-57(73-4)59-49-29-45(25-38(2)3)52(71)30-44(49)28-48(41)58(50)59/h13-16,29-31,33,38-41,43,46-48,53-54,60,68-72H,5-12,17-28,32,34-37H2,1-4H3,(H3,65,66,67)/t39-,40+,41+,43-,46+,47+,48-,53-,54+,60+,62-,63-/m1/s1. The van der Waals surface area contributed by atoms with Crippen molar-refractivity contribution < 1.29 is 44.5 Å². The van der Waals surface area contributed by atoms with Gasteiger partial charge in [-0.3, -0.25) is 4.99 Å². The van der Waals surface area contributed by atoms with Gasteiger partial charge >= 0.3 is 0 Å². The molecule has 12 nitrogen and oxygen atoms in total. The molecule has 3 saturated carbocycles. The summed E-state index contributed by atoms with van der Waals surface area (Å²) in [5.74, 6) is 3.49. The first-order valence-electron chi connectivity index (χ1n) is 29.8. The molecule has 12 heteroatoms. The van der Waals surface area contributed by atoms with Crippen LogP contribution in [-0.4, -0.2) is 88.8 Å². The molecule has 3 aromatic carbocycles. The van der Waals surface area contributed by atoms with Crippen molar-refractivity contribution in [2.45, 2.75) is 192 Å². The topological polar surface area (TPSA) is 188 Å². The Labute approximate surface area is 452 Å². The van der Waals surface area contributed by atoms with E-state index in [1.165, 1.54) is 19.3 Å². The summed E-state index contributed by atoms with van der Waals surface area (Å²) in [4.78, 5) is 5.24. The molecule has 414 valence electrons. The monoisotopic (exact) mass is 1040 g/mol. The highest BCUT2D eigenvalue weighted by atomic mass is 16.5. The lowest BCUT2D eigenvalue weighted by atomic mass is 9.55. The number of hydrogen-bond acceptors (Lipinski definition) is 12. The Bertz CT molecular complexity index is 2620. The Hall–Kier alpha value is -4.49. The van der Waals surface area contributed by atoms with Crippen molar-refractivity contribution in [2.24, 2.45) is 57.1 Å². The number of nitrogens with two attached hydrogens (primary N) is 1. The number of phenols is 2. The van der Waals surface area contributed by atoms with Gasteiger partial charge in [0.05, 0.1) is 24.9 Å². The van der Waals surface area contributed by atoms with Gasteiger partial charge in [0.2, 0.25) is 0 Å². The molecule has 8 bridgehead atoms. The van der Waals surface area contributed by atoms with E-state index in [0.717, 1.165) is 123 Å². The zero-order chi connectivity index (χ0) is 52.9. The molecule has 4 fully saturated rings. The van der Waals surface area contributed by atoms with Crippen LogP contribution in [0.15, 0.2) is 53.5 Å². The predicted octanol–water partition coefficient (Wildman–Crippen LogP) is 11.1. The van der Waals surface area contributed by atoms with E-state index >= 15 is 0 Å². The number of hydrogen-bond donors (Lipinski definition) is 7. The zero-order valence-corrected chi connectivity index (χ0v) is 46.0. The average Bonchev–Trinajstić information content (AvgIpc) is 3.88. The van der Waals surface area contributed by atoms with Crippen LogP contribution in [0.25, 0.3) is 11.1 Å². The van der Waals surface area contributed by atoms with Crippen molar-refractivity contribution >= 4 is 5.96 Å². The number of guanidine groups is 1. The number of aliphatic hydroxyl groups is 3. The fourth-order valence-electron chi connectivity index (χ4n) is 17.1. The van der Waals surface area contributed by atoms with E-state index in [-0.39, 0.29) is 64.5 Å². The molecular weight excluding hydrogens is 955 g/mol. The van der Waals surface area contributed by atoms with Gasteiger partial charge in [-0.15, -0.1) is 0 Å². The second-order valence-electron chi connectivity index (χ2n) is 25.7. The summed E-state index contributed by atoms with van der Waals surface area (Å²) in [6, 6.07) is 11.4. The number of aliphatic hydroxyl groups excluding tert-OH is 3. The quantitative estimate of drug-likeness (QED) is 0.121. The maximum Gasteiger partial charge on any atom is 0.188 e. The molecule has 0 unspecified atom stereocenters. The van der Waals surface area contributed by atoms with Gasteiger partial charge in [-0.2, -0.15) is 0 Å². The van der Waals surface area contributed by atoms with E-state index in [1.54, 1.807) is 13.2 Å². The molecule has 0 aromatic heterocycles. The summed E-state index contributed by atoms with van der Waals surface area (Å²) >= 11 is 0. The van der Waals surface area contributed by atoms with E-state index in [0.29, 0.717) is 91.6 Å². The number of aromatic hydroxyl groups is 2. The maximum atomic E-state index is 12.7. The highest BCUT2D eigenvalue weighted by Gasteiger charge is 2.60. The number of nitrogens with zero attached hydrogens (tertiary/aromatic N) is 1. The van der Waals surface area contributed by atoms with Crippen LogP contribution in [-0.2, 0) is 24.0 Å². The Balaban J connectivity index is 1.01. The Morgan fingerprint density at radius 2 is 1.66 bits per heavy atom. The van der Waals surface area contributed by atoms with Gasteiger partial charge in [0, 0.05) is 55.8 Å². The second kappa shape index (κ2) is 22.0. The first-order valence-corrected chi connectivity index (χ1v) is 29.8. The normalized spacial score (nSPS) is 34.3. The van der Waals surface area contributed by atoms with E-state index in [2.05, 4.69) is 44.3 Å². The molecule has 3 aromatic rings. The fraction of sp³-hybridized carbons (Fsp3) is 0.672. The summed E-state index contributed by atoms with van der Waals surface area (Å²) in [5.41, 5.74) is 13.5. The summed E-state index contributed by atoms with van der Waals surface area (Å²) in [5, 5.41) is 62.3. The van der Waals surface area contributed by atoms with Crippen LogP contribution in [0, 0.1) is 46.3 Å². The summed E-state index contributed by atoms with van der Waals surface area (Å²) in [6.07, 6.45) is 21.9. The Kier molecular flexibility index (Phi) is 15.5. The minimum Gasteiger partial charge on any atom is -0.508 e. The average molecular weight is 1040 g/mol. The van der Waals surface area contributed by atoms with Crippen LogP contribution < -0.4 is 25.3 Å². The molecule has 8 N–H and O–H groups in total. The number of benzene rings is 3. The Morgan fingerprint density at radius 1 is 0.842 bits per heavy atom. The van der Waals surface area contributed by atoms with Crippen LogP contribution in [0.2, 0.25) is 0 Å². The highest BCUT2D eigenvalue weighted by Crippen LogP contribution is 2.65. The van der Waals surface area contributed by atoms with Gasteiger partial charge in [0.25, 0.3) is 0 Å². The van der Waals surface area contributed by atoms with Crippen LogP contribution in [0.5, 0.6) is 28.7 Å². The third-order valence-electron chi connectivity index (χ3n) is 20.8. The first kappa shape index (κ1) is 53.5. The number of ether oxygens (including phenoxy) is 4. The molecule has 3 spiro atoms. The first-order chi connectivity index (χ1) is 36.7. The van der Waals surface area contributed by atoms with Crippen LogP contribution >= 0.6 is 0 Å². The van der Waals surface area contributed by atoms with Crippen molar-refractivity contribution in [2.75, 3.05) is 33.4 Å². The van der Waals surface area contributed by atoms with Crippen LogP contribution in [0.1, 0.15) is 176 Å². The molecular formula is C64H89N3O9. The van der Waals surface area contributed by atoms with Gasteiger partial charge in [-0.05, 0) is 195 Å². The number of nitrogens with one attached hydrogen (secondary N) is 1. The molecule has 5 aliphatic carbocycles. The van der Waals surface area contributed by atoms with Gasteiger partial charge in [0.1, 0.15) is 29.5 Å². The lowest BCUT2D eigenvalue weighted by Crippen LogP contribution is -2.53. The van der Waals surface area contributed by atoms with Crippen molar-refractivity contribution in [3.05, 3.63) is 76.4 Å². The van der Waals surface area contributed by atoms with Gasteiger partial charge in [0.15, 0.2) is 17.5 Å². The summed E-state index contributed by atoms with van der Waals surface area (Å²) < 4.78 is 27.0. The zero-order valence-electron chi connectivity index (χ0n) is 46.0. The predicted molar refractivity (Wildman–Crippen MR) is 297 cm³/mol. The van der Waals surface area contributed by atoms with Gasteiger partial charge in [-0.1, -0.05) is 71.1 Å². The lowest BCUT2D eigenvalue weighted by molar-refractivity contribution is -0.172. The molecule has 6 aliphatic heterocycles. The van der Waals surface area contributed by atoms with Crippen molar-refractivity contribution in [3.63, 3.8) is 0 Å². The highest BCUT2D eigenvalue weighted by molar-refractivity contribution is 5.84. The Morgan fingerprint density at radius 3 is 2.45 bits per heavy atom. The van der Waals surface area contributed by atoms with E-state index in [9.17, 15) is 25.5 Å².